The van der Waals surface area contributed by atoms with E-state index in [0.29, 0.717) is 22.2 Å². The van der Waals surface area contributed by atoms with Crippen LogP contribution in [0.3, 0.4) is 0 Å². The number of halogens is 1. The summed E-state index contributed by atoms with van der Waals surface area (Å²) in [4.78, 5) is 20.4. The quantitative estimate of drug-likeness (QED) is 0.278. The maximum Gasteiger partial charge on any atom is 0.270 e. The van der Waals surface area contributed by atoms with Crippen LogP contribution in [0.15, 0.2) is 54.9 Å². The molecule has 0 aliphatic carbocycles. The minimum Gasteiger partial charge on any atom is -0.479 e. The van der Waals surface area contributed by atoms with Crippen LogP contribution in [0, 0.1) is 10.1 Å². The van der Waals surface area contributed by atoms with Gasteiger partial charge in [-0.25, -0.2) is 4.98 Å². The predicted molar refractivity (Wildman–Crippen MR) is 125 cm³/mol. The summed E-state index contributed by atoms with van der Waals surface area (Å²) in [5.41, 5.74) is -0.290. The first-order valence-electron chi connectivity index (χ1n) is 10.5. The molecule has 1 aromatic heterocycles. The summed E-state index contributed by atoms with van der Waals surface area (Å²) < 4.78 is 17.1. The molecule has 0 saturated carbocycles. The third kappa shape index (κ3) is 4.32. The zero-order chi connectivity index (χ0) is 24.5. The SMILES string of the molecule is COC(OC)[C@@]1(C)Oc2ccc([N+](=O)[O-])cc2[C@@H](N(Cc2ncc[nH]2)c2ccc(Cl)cc2)[C@@H]1O. The molecule has 3 atom stereocenters. The van der Waals surface area contributed by atoms with Crippen molar-refractivity contribution in [2.45, 2.75) is 37.5 Å². The lowest BCUT2D eigenvalue weighted by Crippen LogP contribution is -2.62. The first-order valence-corrected chi connectivity index (χ1v) is 10.9. The number of aromatic nitrogens is 2. The summed E-state index contributed by atoms with van der Waals surface area (Å²) in [5, 5.41) is 23.9. The molecule has 1 aliphatic heterocycles. The molecule has 180 valence electrons. The van der Waals surface area contributed by atoms with Crippen molar-refractivity contribution in [2.24, 2.45) is 0 Å². The summed E-state index contributed by atoms with van der Waals surface area (Å²) in [7, 11) is 2.91. The largest absolute Gasteiger partial charge is 0.479 e. The number of nitrogens with zero attached hydrogens (tertiary/aromatic N) is 3. The molecule has 0 bridgehead atoms. The fourth-order valence-corrected chi connectivity index (χ4v) is 4.50. The molecule has 0 radical (unpaired) electrons. The Morgan fingerprint density at radius 3 is 2.59 bits per heavy atom. The highest BCUT2D eigenvalue weighted by atomic mass is 35.5. The lowest BCUT2D eigenvalue weighted by Gasteiger charge is -2.49. The summed E-state index contributed by atoms with van der Waals surface area (Å²) in [6.07, 6.45) is 1.18. The van der Waals surface area contributed by atoms with E-state index in [1.807, 2.05) is 17.0 Å². The Bertz CT molecular complexity index is 1140. The summed E-state index contributed by atoms with van der Waals surface area (Å²) in [6, 6.07) is 10.6. The van der Waals surface area contributed by atoms with E-state index in [9.17, 15) is 15.2 Å². The number of methoxy groups -OCH3 is 2. The van der Waals surface area contributed by atoms with E-state index in [0.717, 1.165) is 5.69 Å². The van der Waals surface area contributed by atoms with Gasteiger partial charge < -0.3 is 29.2 Å². The molecule has 1 aliphatic rings. The Labute approximate surface area is 201 Å². The molecule has 0 unspecified atom stereocenters. The minimum atomic E-state index is -1.34. The Hall–Kier alpha value is -3.18. The van der Waals surface area contributed by atoms with Crippen LogP contribution >= 0.6 is 11.6 Å². The van der Waals surface area contributed by atoms with Crippen molar-refractivity contribution >= 4 is 23.0 Å². The van der Waals surface area contributed by atoms with Gasteiger partial charge in [-0.3, -0.25) is 10.1 Å². The number of ether oxygens (including phenoxy) is 3. The van der Waals surface area contributed by atoms with Crippen LogP contribution in [0.1, 0.15) is 24.4 Å². The first-order chi connectivity index (χ1) is 16.3. The number of non-ortho nitro benzene ring substituents is 1. The van der Waals surface area contributed by atoms with Crippen molar-refractivity contribution in [3.8, 4) is 5.75 Å². The van der Waals surface area contributed by atoms with Crippen LogP contribution in [-0.4, -0.2) is 52.2 Å². The smallest absolute Gasteiger partial charge is 0.270 e. The fourth-order valence-electron chi connectivity index (χ4n) is 4.37. The zero-order valence-electron chi connectivity index (χ0n) is 18.8. The molecule has 10 nitrogen and oxygen atoms in total. The van der Waals surface area contributed by atoms with E-state index < -0.39 is 29.0 Å². The number of H-pyrrole nitrogens is 1. The number of hydrogen-bond acceptors (Lipinski definition) is 8. The summed E-state index contributed by atoms with van der Waals surface area (Å²) in [6.45, 7) is 1.94. The van der Waals surface area contributed by atoms with Gasteiger partial charge in [0.2, 0.25) is 0 Å². The highest BCUT2D eigenvalue weighted by molar-refractivity contribution is 6.30. The standard InChI is InChI=1S/C23H25ClN4O6/c1-23(22(32-2)33-3)21(29)20(17-12-16(28(30)31)8-9-18(17)34-23)27(13-19-25-10-11-26-19)15-6-4-14(24)5-7-15/h4-12,20-22,29H,13H2,1-3H3,(H,25,26)/t20-,21+,23+/m1/s1. The fraction of sp³-hybridized carbons (Fsp3) is 0.348. The number of nitrogens with one attached hydrogen (secondary N) is 1. The van der Waals surface area contributed by atoms with E-state index in [-0.39, 0.29) is 12.2 Å². The van der Waals surface area contributed by atoms with Gasteiger partial charge in [-0.15, -0.1) is 0 Å². The lowest BCUT2D eigenvalue weighted by molar-refractivity contribution is -0.385. The van der Waals surface area contributed by atoms with Crippen molar-refractivity contribution in [1.82, 2.24) is 9.97 Å². The Kier molecular flexibility index (Phi) is 6.76. The average Bonchev–Trinajstić information content (AvgIpc) is 3.33. The first kappa shape index (κ1) is 24.0. The number of anilines is 1. The Morgan fingerprint density at radius 2 is 2.00 bits per heavy atom. The highest BCUT2D eigenvalue weighted by Crippen LogP contribution is 2.47. The topological polar surface area (TPSA) is 123 Å². The third-order valence-corrected chi connectivity index (χ3v) is 6.26. The van der Waals surface area contributed by atoms with E-state index in [4.69, 9.17) is 25.8 Å². The molecular weight excluding hydrogens is 464 g/mol. The van der Waals surface area contributed by atoms with E-state index >= 15 is 0 Å². The molecule has 3 aromatic rings. The number of aromatic amines is 1. The number of aliphatic hydroxyl groups excluding tert-OH is 1. The third-order valence-electron chi connectivity index (χ3n) is 6.00. The summed E-state index contributed by atoms with van der Waals surface area (Å²) in [5.74, 6) is 1.01. The van der Waals surface area contributed by atoms with E-state index in [1.165, 1.54) is 32.4 Å². The maximum atomic E-state index is 11.8. The molecule has 0 saturated heterocycles. The van der Waals surface area contributed by atoms with Gasteiger partial charge in [0.15, 0.2) is 11.9 Å². The average molecular weight is 489 g/mol. The molecule has 4 rings (SSSR count). The second-order valence-electron chi connectivity index (χ2n) is 8.10. The molecule has 2 aromatic carbocycles. The zero-order valence-corrected chi connectivity index (χ0v) is 19.6. The molecule has 34 heavy (non-hydrogen) atoms. The van der Waals surface area contributed by atoms with Gasteiger partial charge in [0.1, 0.15) is 17.7 Å². The monoisotopic (exact) mass is 488 g/mol. The number of nitro benzene ring substituents is 1. The number of aliphatic hydroxyl groups is 1. The van der Waals surface area contributed by atoms with Crippen molar-refractivity contribution in [2.75, 3.05) is 19.1 Å². The van der Waals surface area contributed by atoms with Crippen LogP contribution in [-0.2, 0) is 16.0 Å². The molecule has 11 heteroatoms. The number of fused-ring (bicyclic) bond motifs is 1. The number of hydrogen-bond donors (Lipinski definition) is 2. The predicted octanol–water partition coefficient (Wildman–Crippen LogP) is 3.85. The number of imidazole rings is 1. The van der Waals surface area contributed by atoms with Gasteiger partial charge >= 0.3 is 0 Å². The highest BCUT2D eigenvalue weighted by Gasteiger charge is 2.54. The number of rotatable bonds is 8. The van der Waals surface area contributed by atoms with Crippen LogP contribution < -0.4 is 9.64 Å². The van der Waals surface area contributed by atoms with Crippen molar-refractivity contribution < 1.29 is 24.2 Å². The maximum absolute atomic E-state index is 11.8. The summed E-state index contributed by atoms with van der Waals surface area (Å²) >= 11 is 6.12. The molecular formula is C23H25ClN4O6. The van der Waals surface area contributed by atoms with Crippen LogP contribution in [0.25, 0.3) is 0 Å². The van der Waals surface area contributed by atoms with Gasteiger partial charge in [-0.2, -0.15) is 0 Å². The van der Waals surface area contributed by atoms with Crippen molar-refractivity contribution in [3.05, 3.63) is 81.4 Å². The molecule has 2 heterocycles. The van der Waals surface area contributed by atoms with Gasteiger partial charge in [-0.1, -0.05) is 11.6 Å². The number of nitro groups is 1. The Morgan fingerprint density at radius 1 is 1.29 bits per heavy atom. The second kappa shape index (κ2) is 9.59. The van der Waals surface area contributed by atoms with Gasteiger partial charge in [0, 0.05) is 55.0 Å². The molecule has 2 N–H and O–H groups in total. The van der Waals surface area contributed by atoms with Gasteiger partial charge in [0.25, 0.3) is 5.69 Å². The molecule has 0 amide bonds. The van der Waals surface area contributed by atoms with Crippen molar-refractivity contribution in [3.63, 3.8) is 0 Å². The van der Waals surface area contributed by atoms with Crippen molar-refractivity contribution in [1.29, 1.82) is 0 Å². The molecule has 0 fully saturated rings. The van der Waals surface area contributed by atoms with Gasteiger partial charge in [0.05, 0.1) is 17.5 Å². The molecule has 0 spiro atoms. The van der Waals surface area contributed by atoms with Crippen LogP contribution in [0.2, 0.25) is 5.02 Å². The lowest BCUT2D eigenvalue weighted by atomic mass is 9.83. The normalized spacial score (nSPS) is 21.7. The van der Waals surface area contributed by atoms with Gasteiger partial charge in [-0.05, 0) is 37.3 Å². The van der Waals surface area contributed by atoms with Crippen LogP contribution in [0.4, 0.5) is 11.4 Å². The second-order valence-corrected chi connectivity index (χ2v) is 8.53. The van der Waals surface area contributed by atoms with E-state index in [2.05, 4.69) is 9.97 Å². The number of benzene rings is 2. The van der Waals surface area contributed by atoms with E-state index in [1.54, 1.807) is 31.5 Å². The Balaban J connectivity index is 1.92. The van der Waals surface area contributed by atoms with Crippen LogP contribution in [0.5, 0.6) is 5.75 Å². The minimum absolute atomic E-state index is 0.118.